The summed E-state index contributed by atoms with van der Waals surface area (Å²) in [4.78, 5) is 10.3. The molecule has 1 unspecified atom stereocenters. The largest absolute Gasteiger partial charge is 0.394 e. The maximum Gasteiger partial charge on any atom is 0.324 e. The molecule has 0 amide bonds. The summed E-state index contributed by atoms with van der Waals surface area (Å²) in [6.45, 7) is 2.32. The zero-order valence-electron chi connectivity index (χ0n) is 11.1. The SMILES string of the molecule is CC(CO)(NCc1csc([N+](=O)[O-])c1)c1ccccc1. The first-order valence-corrected chi connectivity index (χ1v) is 7.06. The third-order valence-corrected chi connectivity index (χ3v) is 4.16. The molecule has 106 valence electrons. The van der Waals surface area contributed by atoms with E-state index in [4.69, 9.17) is 0 Å². The third kappa shape index (κ3) is 3.22. The Morgan fingerprint density at radius 2 is 2.10 bits per heavy atom. The number of hydrogen-bond acceptors (Lipinski definition) is 5. The average Bonchev–Trinajstić information content (AvgIpc) is 2.95. The molecule has 1 aromatic carbocycles. The van der Waals surface area contributed by atoms with Crippen molar-refractivity contribution in [1.82, 2.24) is 5.32 Å². The topological polar surface area (TPSA) is 75.4 Å². The van der Waals surface area contributed by atoms with Crippen LogP contribution in [-0.4, -0.2) is 16.6 Å². The fourth-order valence-corrected chi connectivity index (χ4v) is 2.63. The van der Waals surface area contributed by atoms with Gasteiger partial charge in [-0.05, 0) is 18.1 Å². The second kappa shape index (κ2) is 6.13. The molecular weight excluding hydrogens is 276 g/mol. The molecule has 0 bridgehead atoms. The van der Waals surface area contributed by atoms with E-state index in [2.05, 4.69) is 5.32 Å². The van der Waals surface area contributed by atoms with Crippen LogP contribution in [0, 0.1) is 10.1 Å². The minimum absolute atomic E-state index is 0.0523. The Kier molecular flexibility index (Phi) is 4.49. The van der Waals surface area contributed by atoms with Gasteiger partial charge >= 0.3 is 5.00 Å². The lowest BCUT2D eigenvalue weighted by molar-refractivity contribution is -0.380. The van der Waals surface area contributed by atoms with Crippen LogP contribution in [0.1, 0.15) is 18.1 Å². The lowest BCUT2D eigenvalue weighted by Gasteiger charge is -2.29. The fourth-order valence-electron chi connectivity index (χ4n) is 1.90. The van der Waals surface area contributed by atoms with E-state index >= 15 is 0 Å². The second-order valence-electron chi connectivity index (χ2n) is 4.76. The van der Waals surface area contributed by atoms with Crippen LogP contribution >= 0.6 is 11.3 Å². The summed E-state index contributed by atoms with van der Waals surface area (Å²) >= 11 is 1.11. The molecule has 0 saturated heterocycles. The normalized spacial score (nSPS) is 13.9. The molecule has 0 aliphatic rings. The summed E-state index contributed by atoms with van der Waals surface area (Å²) in [5.41, 5.74) is 1.25. The Morgan fingerprint density at radius 3 is 2.65 bits per heavy atom. The molecule has 0 spiro atoms. The van der Waals surface area contributed by atoms with Crippen LogP contribution in [0.25, 0.3) is 0 Å². The highest BCUT2D eigenvalue weighted by atomic mass is 32.1. The molecule has 0 fully saturated rings. The van der Waals surface area contributed by atoms with E-state index in [1.54, 1.807) is 11.4 Å². The molecule has 6 heteroatoms. The highest BCUT2D eigenvalue weighted by Gasteiger charge is 2.25. The number of nitrogens with zero attached hydrogens (tertiary/aromatic N) is 1. The van der Waals surface area contributed by atoms with Crippen LogP contribution in [0.2, 0.25) is 0 Å². The summed E-state index contributed by atoms with van der Waals surface area (Å²) in [6, 6.07) is 11.2. The van der Waals surface area contributed by atoms with Crippen molar-refractivity contribution in [2.24, 2.45) is 0 Å². The Labute approximate surface area is 121 Å². The van der Waals surface area contributed by atoms with Crippen molar-refractivity contribution in [3.05, 3.63) is 63.0 Å². The van der Waals surface area contributed by atoms with Gasteiger partial charge in [-0.25, -0.2) is 0 Å². The van der Waals surface area contributed by atoms with Gasteiger partial charge < -0.3 is 10.4 Å². The summed E-state index contributed by atoms with van der Waals surface area (Å²) in [5.74, 6) is 0. The standard InChI is InChI=1S/C14H16N2O3S/c1-14(10-17,12-5-3-2-4-6-12)15-8-11-7-13(16(18)19)20-9-11/h2-7,9,15,17H,8,10H2,1H3. The summed E-state index contributed by atoms with van der Waals surface area (Å²) in [7, 11) is 0. The first-order chi connectivity index (χ1) is 9.55. The van der Waals surface area contributed by atoms with E-state index in [0.717, 1.165) is 22.5 Å². The molecule has 1 atom stereocenters. The number of hydrogen-bond donors (Lipinski definition) is 2. The Morgan fingerprint density at radius 1 is 1.40 bits per heavy atom. The van der Waals surface area contributed by atoms with Gasteiger partial charge in [0.1, 0.15) is 0 Å². The lowest BCUT2D eigenvalue weighted by Crippen LogP contribution is -2.42. The quantitative estimate of drug-likeness (QED) is 0.634. The van der Waals surface area contributed by atoms with Gasteiger partial charge in [-0.3, -0.25) is 10.1 Å². The summed E-state index contributed by atoms with van der Waals surface area (Å²) < 4.78 is 0. The maximum atomic E-state index is 10.6. The number of rotatable bonds is 6. The molecule has 0 aliphatic heterocycles. The number of aliphatic hydroxyl groups is 1. The first kappa shape index (κ1) is 14.6. The van der Waals surface area contributed by atoms with Gasteiger partial charge in [0.15, 0.2) is 0 Å². The van der Waals surface area contributed by atoms with Gasteiger partial charge in [-0.15, -0.1) is 0 Å². The van der Waals surface area contributed by atoms with E-state index in [0.29, 0.717) is 6.54 Å². The minimum Gasteiger partial charge on any atom is -0.394 e. The van der Waals surface area contributed by atoms with Crippen molar-refractivity contribution in [3.8, 4) is 0 Å². The Hall–Kier alpha value is -1.76. The smallest absolute Gasteiger partial charge is 0.324 e. The molecule has 0 aliphatic carbocycles. The molecule has 1 aromatic heterocycles. The van der Waals surface area contributed by atoms with E-state index < -0.39 is 10.5 Å². The Balaban J connectivity index is 2.08. The zero-order chi connectivity index (χ0) is 14.6. The molecular formula is C14H16N2O3S. The number of nitro groups is 1. The minimum atomic E-state index is -0.571. The van der Waals surface area contributed by atoms with Gasteiger partial charge in [-0.2, -0.15) is 0 Å². The first-order valence-electron chi connectivity index (χ1n) is 6.18. The molecule has 2 aromatic rings. The van der Waals surface area contributed by atoms with E-state index in [9.17, 15) is 15.2 Å². The van der Waals surface area contributed by atoms with Gasteiger partial charge in [0.25, 0.3) is 0 Å². The summed E-state index contributed by atoms with van der Waals surface area (Å²) in [5, 5.41) is 25.4. The van der Waals surface area contributed by atoms with Crippen molar-refractivity contribution in [3.63, 3.8) is 0 Å². The van der Waals surface area contributed by atoms with E-state index in [1.807, 2.05) is 37.3 Å². The van der Waals surface area contributed by atoms with Crippen LogP contribution in [0.4, 0.5) is 5.00 Å². The Bertz CT molecular complexity index is 585. The molecule has 2 rings (SSSR count). The third-order valence-electron chi connectivity index (χ3n) is 3.23. The highest BCUT2D eigenvalue weighted by Crippen LogP contribution is 2.25. The van der Waals surface area contributed by atoms with Crippen molar-refractivity contribution in [2.45, 2.75) is 19.0 Å². The van der Waals surface area contributed by atoms with Crippen molar-refractivity contribution in [1.29, 1.82) is 0 Å². The summed E-state index contributed by atoms with van der Waals surface area (Å²) in [6.07, 6.45) is 0. The van der Waals surface area contributed by atoms with Crippen LogP contribution in [0.5, 0.6) is 0 Å². The monoisotopic (exact) mass is 292 g/mol. The molecule has 2 N–H and O–H groups in total. The predicted octanol–water partition coefficient (Wildman–Crippen LogP) is 2.65. The number of aliphatic hydroxyl groups excluding tert-OH is 1. The van der Waals surface area contributed by atoms with Crippen LogP contribution in [0.15, 0.2) is 41.8 Å². The molecule has 20 heavy (non-hydrogen) atoms. The fraction of sp³-hybridized carbons (Fsp3) is 0.286. The van der Waals surface area contributed by atoms with Gasteiger partial charge in [0.2, 0.25) is 0 Å². The highest BCUT2D eigenvalue weighted by molar-refractivity contribution is 7.13. The number of thiophene rings is 1. The van der Waals surface area contributed by atoms with Crippen molar-refractivity contribution < 1.29 is 10.0 Å². The number of benzene rings is 1. The molecule has 5 nitrogen and oxygen atoms in total. The molecule has 0 radical (unpaired) electrons. The average molecular weight is 292 g/mol. The predicted molar refractivity (Wildman–Crippen MR) is 78.7 cm³/mol. The van der Waals surface area contributed by atoms with Gasteiger partial charge in [-0.1, -0.05) is 41.7 Å². The zero-order valence-corrected chi connectivity index (χ0v) is 11.9. The maximum absolute atomic E-state index is 10.6. The van der Waals surface area contributed by atoms with Gasteiger partial charge in [0, 0.05) is 18.0 Å². The van der Waals surface area contributed by atoms with E-state index in [1.165, 1.54) is 0 Å². The molecule has 0 saturated carbocycles. The van der Waals surface area contributed by atoms with E-state index in [-0.39, 0.29) is 11.6 Å². The number of nitrogens with one attached hydrogen (secondary N) is 1. The molecule has 1 heterocycles. The van der Waals surface area contributed by atoms with Crippen LogP contribution in [-0.2, 0) is 12.1 Å². The lowest BCUT2D eigenvalue weighted by atomic mass is 9.93. The van der Waals surface area contributed by atoms with Crippen LogP contribution < -0.4 is 5.32 Å². The van der Waals surface area contributed by atoms with Crippen molar-refractivity contribution >= 4 is 16.3 Å². The van der Waals surface area contributed by atoms with Crippen molar-refractivity contribution in [2.75, 3.05) is 6.61 Å². The second-order valence-corrected chi connectivity index (χ2v) is 5.65. The van der Waals surface area contributed by atoms with Gasteiger partial charge in [0.05, 0.1) is 17.1 Å². The van der Waals surface area contributed by atoms with Crippen LogP contribution in [0.3, 0.4) is 0 Å².